The molecule has 2 aromatic heterocycles. The molecule has 1 saturated heterocycles. The average Bonchev–Trinajstić information content (AvgIpc) is 3.07. The van der Waals surface area contributed by atoms with Crippen LogP contribution in [-0.2, 0) is 16.9 Å². The Morgan fingerprint density at radius 2 is 1.92 bits per heavy atom. The van der Waals surface area contributed by atoms with E-state index >= 15 is 0 Å². The second kappa shape index (κ2) is 5.71. The summed E-state index contributed by atoms with van der Waals surface area (Å²) in [7, 11) is 0. The van der Waals surface area contributed by atoms with Crippen LogP contribution in [-0.4, -0.2) is 38.8 Å². The van der Waals surface area contributed by atoms with Crippen LogP contribution < -0.4 is 0 Å². The van der Waals surface area contributed by atoms with Crippen molar-refractivity contribution in [2.45, 2.75) is 12.2 Å². The minimum atomic E-state index is -0.470. The van der Waals surface area contributed by atoms with Crippen LogP contribution in [0.3, 0.4) is 0 Å². The molecule has 1 aromatic carbocycles. The summed E-state index contributed by atoms with van der Waals surface area (Å²) >= 11 is 0. The molecule has 0 N–H and O–H groups in total. The highest BCUT2D eigenvalue weighted by molar-refractivity contribution is 5.94. The van der Waals surface area contributed by atoms with Crippen molar-refractivity contribution in [1.82, 2.24) is 19.9 Å². The third kappa shape index (κ3) is 2.30. The number of carbonyl (C=O) groups is 1. The summed E-state index contributed by atoms with van der Waals surface area (Å²) in [5.74, 6) is 0.676. The minimum Gasteiger partial charge on any atom is -0.360 e. The number of amides is 1. The van der Waals surface area contributed by atoms with E-state index in [1.807, 2.05) is 36.5 Å². The van der Waals surface area contributed by atoms with E-state index in [-0.39, 0.29) is 5.91 Å². The molecule has 1 fully saturated rings. The Morgan fingerprint density at radius 1 is 1.08 bits per heavy atom. The number of pyridine rings is 1. The van der Waals surface area contributed by atoms with E-state index in [4.69, 9.17) is 4.74 Å². The van der Waals surface area contributed by atoms with E-state index in [2.05, 4.69) is 15.0 Å². The molecule has 0 aliphatic carbocycles. The van der Waals surface area contributed by atoms with Gasteiger partial charge < -0.3 is 9.64 Å². The lowest BCUT2D eigenvalue weighted by molar-refractivity contribution is -0.126. The molecule has 0 saturated carbocycles. The molecule has 6 heteroatoms. The van der Waals surface area contributed by atoms with Gasteiger partial charge in [-0.25, -0.2) is 9.97 Å². The highest BCUT2D eigenvalue weighted by Gasteiger charge is 2.52. The Kier molecular flexibility index (Phi) is 3.33. The Balaban J connectivity index is 1.38. The van der Waals surface area contributed by atoms with Crippen LogP contribution in [0.1, 0.15) is 21.6 Å². The van der Waals surface area contributed by atoms with Gasteiger partial charge in [0.05, 0.1) is 31.0 Å². The number of fused-ring (bicyclic) bond motifs is 2. The lowest BCUT2D eigenvalue weighted by atomic mass is 9.87. The zero-order valence-corrected chi connectivity index (χ0v) is 14.0. The van der Waals surface area contributed by atoms with Gasteiger partial charge in [-0.3, -0.25) is 9.78 Å². The molecule has 0 unspecified atom stereocenters. The zero-order valence-electron chi connectivity index (χ0n) is 14.0. The smallest absolute Gasteiger partial charge is 0.255 e. The maximum Gasteiger partial charge on any atom is 0.255 e. The molecule has 26 heavy (non-hydrogen) atoms. The van der Waals surface area contributed by atoms with Gasteiger partial charge in [-0.2, -0.15) is 0 Å². The molecule has 1 amide bonds. The summed E-state index contributed by atoms with van der Waals surface area (Å²) in [6.45, 7) is 1.48. The van der Waals surface area contributed by atoms with E-state index in [0.717, 1.165) is 16.8 Å². The third-order valence-corrected chi connectivity index (χ3v) is 4.96. The van der Waals surface area contributed by atoms with Gasteiger partial charge in [-0.05, 0) is 12.1 Å². The van der Waals surface area contributed by atoms with E-state index < -0.39 is 5.60 Å². The molecule has 1 spiro atoms. The number of benzene rings is 1. The lowest BCUT2D eigenvalue weighted by Crippen LogP contribution is -2.61. The standard InChI is InChI=1S/C20H16N4O2/c25-19(15-7-4-8-21-9-15)24-12-20(13-24)16-10-22-18(23-17(16)11-26-20)14-5-2-1-3-6-14/h1-10H,11-13H2. The van der Waals surface area contributed by atoms with Crippen LogP contribution in [0.4, 0.5) is 0 Å². The Labute approximate surface area is 150 Å². The van der Waals surface area contributed by atoms with Crippen LogP contribution in [0.25, 0.3) is 11.4 Å². The van der Waals surface area contributed by atoms with Gasteiger partial charge in [-0.15, -0.1) is 0 Å². The van der Waals surface area contributed by atoms with Gasteiger partial charge >= 0.3 is 0 Å². The van der Waals surface area contributed by atoms with E-state index in [1.54, 1.807) is 29.4 Å². The summed E-state index contributed by atoms with van der Waals surface area (Å²) in [6.07, 6.45) is 5.10. The molecule has 4 heterocycles. The molecule has 128 valence electrons. The Bertz CT molecular complexity index is 970. The Morgan fingerprint density at radius 3 is 2.69 bits per heavy atom. The van der Waals surface area contributed by atoms with Gasteiger partial charge in [0.15, 0.2) is 5.82 Å². The van der Waals surface area contributed by atoms with Crippen LogP contribution in [0, 0.1) is 0 Å². The van der Waals surface area contributed by atoms with Crippen LogP contribution in [0.5, 0.6) is 0 Å². The van der Waals surface area contributed by atoms with Crippen LogP contribution in [0.2, 0.25) is 0 Å². The fourth-order valence-corrected chi connectivity index (χ4v) is 3.57. The normalized spacial score (nSPS) is 17.0. The van der Waals surface area contributed by atoms with E-state index in [9.17, 15) is 4.79 Å². The zero-order chi connectivity index (χ0) is 17.6. The quantitative estimate of drug-likeness (QED) is 0.714. The van der Waals surface area contributed by atoms with Crippen LogP contribution >= 0.6 is 0 Å². The first-order valence-corrected chi connectivity index (χ1v) is 8.50. The van der Waals surface area contributed by atoms with Crippen molar-refractivity contribution in [3.8, 4) is 11.4 Å². The van der Waals surface area contributed by atoms with Gasteiger partial charge in [0.1, 0.15) is 5.60 Å². The Hall–Kier alpha value is -3.12. The number of likely N-dealkylation sites (tertiary alicyclic amines) is 1. The molecule has 5 rings (SSSR count). The number of ether oxygens (including phenoxy) is 1. The van der Waals surface area contributed by atoms with Gasteiger partial charge in [0, 0.05) is 29.7 Å². The second-order valence-corrected chi connectivity index (χ2v) is 6.61. The van der Waals surface area contributed by atoms with Gasteiger partial charge in [0.2, 0.25) is 0 Å². The van der Waals surface area contributed by atoms with Crippen molar-refractivity contribution in [2.75, 3.05) is 13.1 Å². The fraction of sp³-hybridized carbons (Fsp3) is 0.200. The molecule has 0 bridgehead atoms. The SMILES string of the molecule is O=C(c1cccnc1)N1CC2(C1)OCc1nc(-c3ccccc3)ncc12. The third-order valence-electron chi connectivity index (χ3n) is 4.96. The highest BCUT2D eigenvalue weighted by Crippen LogP contribution is 2.43. The van der Waals surface area contributed by atoms with Crippen molar-refractivity contribution in [1.29, 1.82) is 0 Å². The van der Waals surface area contributed by atoms with Crippen molar-refractivity contribution in [2.24, 2.45) is 0 Å². The largest absolute Gasteiger partial charge is 0.360 e. The van der Waals surface area contributed by atoms with Crippen molar-refractivity contribution in [3.63, 3.8) is 0 Å². The van der Waals surface area contributed by atoms with Crippen molar-refractivity contribution in [3.05, 3.63) is 77.9 Å². The molecular weight excluding hydrogens is 328 g/mol. The molecule has 2 aliphatic rings. The highest BCUT2D eigenvalue weighted by atomic mass is 16.5. The number of carbonyl (C=O) groups excluding carboxylic acids is 1. The molecular formula is C20H16N4O2. The summed E-state index contributed by atoms with van der Waals surface area (Å²) in [6, 6.07) is 13.4. The summed E-state index contributed by atoms with van der Waals surface area (Å²) < 4.78 is 6.04. The van der Waals surface area contributed by atoms with E-state index in [1.165, 1.54) is 0 Å². The first-order chi connectivity index (χ1) is 12.8. The van der Waals surface area contributed by atoms with Crippen molar-refractivity contribution < 1.29 is 9.53 Å². The predicted molar refractivity (Wildman–Crippen MR) is 94.1 cm³/mol. The molecule has 2 aliphatic heterocycles. The maximum absolute atomic E-state index is 12.5. The predicted octanol–water partition coefficient (Wildman–Crippen LogP) is 2.42. The first kappa shape index (κ1) is 15.2. The first-order valence-electron chi connectivity index (χ1n) is 8.50. The molecule has 3 aromatic rings. The molecule has 0 atom stereocenters. The fourth-order valence-electron chi connectivity index (χ4n) is 3.57. The number of hydrogen-bond acceptors (Lipinski definition) is 5. The number of hydrogen-bond donors (Lipinski definition) is 0. The monoisotopic (exact) mass is 344 g/mol. The summed E-state index contributed by atoms with van der Waals surface area (Å²) in [4.78, 5) is 27.5. The number of aromatic nitrogens is 3. The summed E-state index contributed by atoms with van der Waals surface area (Å²) in [5.41, 5.74) is 3.01. The van der Waals surface area contributed by atoms with Crippen LogP contribution in [0.15, 0.2) is 61.1 Å². The molecule has 0 radical (unpaired) electrons. The number of nitrogens with zero attached hydrogens (tertiary/aromatic N) is 4. The number of rotatable bonds is 2. The second-order valence-electron chi connectivity index (χ2n) is 6.61. The van der Waals surface area contributed by atoms with Gasteiger partial charge in [0.25, 0.3) is 5.91 Å². The lowest BCUT2D eigenvalue weighted by Gasteiger charge is -2.47. The summed E-state index contributed by atoms with van der Waals surface area (Å²) in [5, 5.41) is 0. The van der Waals surface area contributed by atoms with Crippen molar-refractivity contribution >= 4 is 5.91 Å². The maximum atomic E-state index is 12.5. The van der Waals surface area contributed by atoms with Gasteiger partial charge in [-0.1, -0.05) is 30.3 Å². The average molecular weight is 344 g/mol. The van der Waals surface area contributed by atoms with E-state index in [0.29, 0.717) is 31.1 Å². The minimum absolute atomic E-state index is 0.0254. The topological polar surface area (TPSA) is 68.2 Å². The molecule has 6 nitrogen and oxygen atoms in total.